The van der Waals surface area contributed by atoms with Gasteiger partial charge in [0.25, 0.3) is 11.8 Å². The first-order chi connectivity index (χ1) is 22.9. The van der Waals surface area contributed by atoms with Gasteiger partial charge in [0, 0.05) is 15.1 Å². The molecule has 0 saturated heterocycles. The Morgan fingerprint density at radius 1 is 0.766 bits per heavy atom. The molecule has 0 radical (unpaired) electrons. The summed E-state index contributed by atoms with van der Waals surface area (Å²) in [5.74, 6) is -1.82. The van der Waals surface area contributed by atoms with Crippen molar-refractivity contribution >= 4 is 68.6 Å². The van der Waals surface area contributed by atoms with Crippen molar-refractivity contribution in [2.24, 2.45) is 0 Å². The van der Waals surface area contributed by atoms with E-state index in [1.165, 1.54) is 36.0 Å². The smallest absolute Gasteiger partial charge is 0.272 e. The van der Waals surface area contributed by atoms with Gasteiger partial charge in [-0.05, 0) is 96.3 Å². The molecule has 0 aromatic heterocycles. The first-order valence-corrected chi connectivity index (χ1v) is 16.7. The van der Waals surface area contributed by atoms with Crippen molar-refractivity contribution < 1.29 is 18.8 Å². The molecule has 1 heterocycles. The fourth-order valence-corrected chi connectivity index (χ4v) is 6.32. The summed E-state index contributed by atoms with van der Waals surface area (Å²) in [4.78, 5) is 42.7. The summed E-state index contributed by atoms with van der Waals surface area (Å²) in [6.45, 7) is 0. The molecule has 2 N–H and O–H groups in total. The molecule has 6 nitrogen and oxygen atoms in total. The van der Waals surface area contributed by atoms with Crippen molar-refractivity contribution in [1.29, 1.82) is 0 Å². The van der Waals surface area contributed by atoms with Crippen LogP contribution in [0.1, 0.15) is 27.0 Å². The minimum absolute atomic E-state index is 0.0255. The topological polar surface area (TPSA) is 78.5 Å². The lowest BCUT2D eigenvalue weighted by Crippen LogP contribution is -2.31. The molecule has 1 aliphatic rings. The minimum Gasteiger partial charge on any atom is -0.321 e. The van der Waals surface area contributed by atoms with E-state index in [4.69, 9.17) is 0 Å². The van der Waals surface area contributed by atoms with Crippen LogP contribution >= 0.6 is 27.7 Å². The number of benzene rings is 5. The molecule has 234 valence electrons. The standard InChI is InChI=1S/C38H29BrFN3O3S/c39-28-17-13-25(14-18-28)23-33(42-37(45)31-9-3-4-10-32(31)40)38(46)41-29-19-21-30(22-20-29)47-24-36(44)43-34-11-5-1-7-26(34)15-16-27-8-2-6-12-35(27)43/h1-14,17-23H,15-16,24H2,(H,41,46)(H,42,45). The summed E-state index contributed by atoms with van der Waals surface area (Å²) in [5, 5.41) is 5.37. The second-order valence-corrected chi connectivity index (χ2v) is 12.8. The number of rotatable bonds is 8. The highest BCUT2D eigenvalue weighted by Crippen LogP contribution is 2.37. The van der Waals surface area contributed by atoms with Gasteiger partial charge in [-0.1, -0.05) is 76.6 Å². The number of para-hydroxylation sites is 2. The Hall–Kier alpha value is -4.99. The molecule has 0 unspecified atom stereocenters. The predicted octanol–water partition coefficient (Wildman–Crippen LogP) is 8.55. The van der Waals surface area contributed by atoms with E-state index in [1.54, 1.807) is 30.3 Å². The highest BCUT2D eigenvalue weighted by atomic mass is 79.9. The van der Waals surface area contributed by atoms with Gasteiger partial charge in [0.15, 0.2) is 0 Å². The Kier molecular flexibility index (Phi) is 9.94. The molecular weight excluding hydrogens is 677 g/mol. The van der Waals surface area contributed by atoms with Crippen molar-refractivity contribution in [3.05, 3.63) is 160 Å². The molecule has 0 saturated carbocycles. The third-order valence-corrected chi connectivity index (χ3v) is 9.17. The summed E-state index contributed by atoms with van der Waals surface area (Å²) >= 11 is 4.80. The highest BCUT2D eigenvalue weighted by Gasteiger charge is 2.25. The molecular formula is C38H29BrFN3O3S. The lowest BCUT2D eigenvalue weighted by molar-refractivity contribution is -0.115. The number of aryl methyl sites for hydroxylation is 2. The van der Waals surface area contributed by atoms with Gasteiger partial charge in [0.05, 0.1) is 22.7 Å². The zero-order chi connectivity index (χ0) is 32.8. The van der Waals surface area contributed by atoms with Crippen molar-refractivity contribution in [1.82, 2.24) is 5.32 Å². The van der Waals surface area contributed by atoms with Crippen LogP contribution in [0, 0.1) is 5.82 Å². The third kappa shape index (κ3) is 7.70. The average Bonchev–Trinajstić information content (AvgIpc) is 3.25. The summed E-state index contributed by atoms with van der Waals surface area (Å²) < 4.78 is 15.2. The molecule has 9 heteroatoms. The van der Waals surface area contributed by atoms with Crippen LogP contribution in [-0.4, -0.2) is 23.5 Å². The summed E-state index contributed by atoms with van der Waals surface area (Å²) in [5.41, 5.74) is 5.03. The van der Waals surface area contributed by atoms with Crippen molar-refractivity contribution in [2.75, 3.05) is 16.0 Å². The number of hydrogen-bond donors (Lipinski definition) is 2. The van der Waals surface area contributed by atoms with E-state index in [9.17, 15) is 18.8 Å². The van der Waals surface area contributed by atoms with E-state index in [2.05, 4.69) is 38.7 Å². The van der Waals surface area contributed by atoms with Crippen LogP contribution in [0.5, 0.6) is 0 Å². The Morgan fingerprint density at radius 3 is 2.00 bits per heavy atom. The van der Waals surface area contributed by atoms with Gasteiger partial charge in [-0.3, -0.25) is 19.3 Å². The number of halogens is 2. The number of nitrogens with zero attached hydrogens (tertiary/aromatic N) is 1. The van der Waals surface area contributed by atoms with Crippen LogP contribution < -0.4 is 15.5 Å². The lowest BCUT2D eigenvalue weighted by Gasteiger charge is -2.25. The zero-order valence-electron chi connectivity index (χ0n) is 25.1. The van der Waals surface area contributed by atoms with Crippen LogP contribution in [0.4, 0.5) is 21.5 Å². The third-order valence-electron chi connectivity index (χ3n) is 7.64. The molecule has 0 atom stereocenters. The second kappa shape index (κ2) is 14.6. The molecule has 47 heavy (non-hydrogen) atoms. The van der Waals surface area contributed by atoms with E-state index < -0.39 is 17.6 Å². The molecule has 0 bridgehead atoms. The summed E-state index contributed by atoms with van der Waals surface area (Å²) in [6.07, 6.45) is 3.25. The Labute approximate surface area is 284 Å². The molecule has 1 aliphatic heterocycles. The van der Waals surface area contributed by atoms with Crippen molar-refractivity contribution in [2.45, 2.75) is 17.7 Å². The lowest BCUT2D eigenvalue weighted by atomic mass is 10.0. The van der Waals surface area contributed by atoms with E-state index in [1.807, 2.05) is 65.6 Å². The number of nitrogens with one attached hydrogen (secondary N) is 2. The highest BCUT2D eigenvalue weighted by molar-refractivity contribution is 9.10. The average molecular weight is 707 g/mol. The molecule has 5 aromatic carbocycles. The predicted molar refractivity (Wildman–Crippen MR) is 189 cm³/mol. The first-order valence-electron chi connectivity index (χ1n) is 14.9. The van der Waals surface area contributed by atoms with E-state index in [0.717, 1.165) is 44.7 Å². The number of carbonyl (C=O) groups is 3. The van der Waals surface area contributed by atoms with E-state index in [0.29, 0.717) is 11.3 Å². The van der Waals surface area contributed by atoms with Crippen molar-refractivity contribution in [3.8, 4) is 0 Å². The number of thioether (sulfide) groups is 1. The molecule has 0 fully saturated rings. The van der Waals surface area contributed by atoms with Gasteiger partial charge in [0.2, 0.25) is 5.91 Å². The Morgan fingerprint density at radius 2 is 1.36 bits per heavy atom. The molecule has 0 spiro atoms. The maximum Gasteiger partial charge on any atom is 0.272 e. The molecule has 0 aliphatic carbocycles. The quantitative estimate of drug-likeness (QED) is 0.125. The monoisotopic (exact) mass is 705 g/mol. The van der Waals surface area contributed by atoms with Crippen LogP contribution in [0.25, 0.3) is 6.08 Å². The van der Waals surface area contributed by atoms with Crippen molar-refractivity contribution in [3.63, 3.8) is 0 Å². The summed E-state index contributed by atoms with van der Waals surface area (Å²) in [6, 6.07) is 35.9. The molecule has 3 amide bonds. The Balaban J connectivity index is 1.15. The van der Waals surface area contributed by atoms with Gasteiger partial charge in [-0.25, -0.2) is 4.39 Å². The van der Waals surface area contributed by atoms with Gasteiger partial charge < -0.3 is 10.6 Å². The van der Waals surface area contributed by atoms with E-state index >= 15 is 0 Å². The second-order valence-electron chi connectivity index (χ2n) is 10.8. The van der Waals surface area contributed by atoms with E-state index in [-0.39, 0.29) is 22.9 Å². The summed E-state index contributed by atoms with van der Waals surface area (Å²) in [7, 11) is 0. The largest absolute Gasteiger partial charge is 0.321 e. The number of carbonyl (C=O) groups excluding carboxylic acids is 3. The number of amides is 3. The van der Waals surface area contributed by atoms with Crippen LogP contribution in [0.2, 0.25) is 0 Å². The van der Waals surface area contributed by atoms with Gasteiger partial charge >= 0.3 is 0 Å². The first kappa shape index (κ1) is 32.0. The fourth-order valence-electron chi connectivity index (χ4n) is 5.31. The normalized spacial score (nSPS) is 12.4. The maximum atomic E-state index is 14.3. The zero-order valence-corrected chi connectivity index (χ0v) is 27.5. The van der Waals surface area contributed by atoms with Gasteiger partial charge in [0.1, 0.15) is 11.5 Å². The van der Waals surface area contributed by atoms with Crippen LogP contribution in [-0.2, 0) is 22.4 Å². The maximum absolute atomic E-state index is 14.3. The van der Waals surface area contributed by atoms with Crippen LogP contribution in [0.3, 0.4) is 0 Å². The van der Waals surface area contributed by atoms with Crippen LogP contribution in [0.15, 0.2) is 136 Å². The number of fused-ring (bicyclic) bond motifs is 2. The van der Waals surface area contributed by atoms with Gasteiger partial charge in [-0.15, -0.1) is 11.8 Å². The SMILES string of the molecule is O=C(Nc1ccc(SCC(=O)N2c3ccccc3CCc3ccccc32)cc1)C(=Cc1ccc(Br)cc1)NC(=O)c1ccccc1F. The molecule has 6 rings (SSSR count). The number of hydrogen-bond acceptors (Lipinski definition) is 4. The minimum atomic E-state index is -0.743. The number of anilines is 3. The van der Waals surface area contributed by atoms with Gasteiger partial charge in [-0.2, -0.15) is 0 Å². The Bertz CT molecular complexity index is 1930. The fraction of sp³-hybridized carbons (Fsp3) is 0.0789. The molecule has 5 aromatic rings.